The van der Waals surface area contributed by atoms with Gasteiger partial charge in [-0.1, -0.05) is 43.0 Å². The van der Waals surface area contributed by atoms with Gasteiger partial charge in [0.25, 0.3) is 0 Å². The summed E-state index contributed by atoms with van der Waals surface area (Å²) in [6, 6.07) is 11.2. The molecule has 0 saturated heterocycles. The van der Waals surface area contributed by atoms with Crippen molar-refractivity contribution >= 4 is 34.6 Å². The Labute approximate surface area is 133 Å². The van der Waals surface area contributed by atoms with E-state index in [1.165, 1.54) is 11.8 Å². The zero-order valence-electron chi connectivity index (χ0n) is 12.6. The summed E-state index contributed by atoms with van der Waals surface area (Å²) in [5.41, 5.74) is 0.891. The fraction of sp³-hybridized carbons (Fsp3) is 0.312. The molecule has 0 aliphatic rings. The largest absolute Gasteiger partial charge is 0.335 e. The monoisotopic (exact) mass is 317 g/mol. The van der Waals surface area contributed by atoms with Gasteiger partial charge in [-0.2, -0.15) is 0 Å². The predicted molar refractivity (Wildman–Crippen MR) is 88.9 cm³/mol. The zero-order valence-corrected chi connectivity index (χ0v) is 13.4. The normalized spacial score (nSPS) is 11.9. The summed E-state index contributed by atoms with van der Waals surface area (Å²) in [5.74, 6) is -0.181. The van der Waals surface area contributed by atoms with Gasteiger partial charge < -0.3 is 5.32 Å². The number of hydrogen-bond acceptors (Lipinski definition) is 4. The Kier molecular flexibility index (Phi) is 5.77. The number of benzene rings is 1. The van der Waals surface area contributed by atoms with Gasteiger partial charge in [0.1, 0.15) is 0 Å². The van der Waals surface area contributed by atoms with Crippen LogP contribution in [0.15, 0.2) is 41.4 Å². The third-order valence-corrected chi connectivity index (χ3v) is 4.10. The Morgan fingerprint density at radius 2 is 2.00 bits per heavy atom. The van der Waals surface area contributed by atoms with Gasteiger partial charge in [-0.3, -0.25) is 10.1 Å². The lowest BCUT2D eigenvalue weighted by molar-refractivity contribution is -0.117. The number of nitrogens with zero attached hydrogens (tertiary/aromatic N) is 1. The van der Waals surface area contributed by atoms with Crippen LogP contribution >= 0.6 is 11.8 Å². The highest BCUT2D eigenvalue weighted by molar-refractivity contribution is 7.99. The molecule has 0 radical (unpaired) electrons. The Balaban J connectivity index is 1.86. The van der Waals surface area contributed by atoms with Gasteiger partial charge in [0, 0.05) is 11.4 Å². The number of rotatable bonds is 5. The van der Waals surface area contributed by atoms with Crippen molar-refractivity contribution in [3.05, 3.63) is 36.4 Å². The van der Waals surface area contributed by atoms with Crippen LogP contribution in [-0.4, -0.2) is 28.7 Å². The number of aromatic nitrogens is 1. The summed E-state index contributed by atoms with van der Waals surface area (Å²) >= 11 is 1.31. The number of para-hydroxylation sites is 1. The maximum absolute atomic E-state index is 11.7. The van der Waals surface area contributed by atoms with Gasteiger partial charge in [-0.25, -0.2) is 9.78 Å². The number of hydrogen-bond donors (Lipinski definition) is 2. The minimum atomic E-state index is -0.452. The van der Waals surface area contributed by atoms with Gasteiger partial charge in [0.15, 0.2) is 0 Å². The minimum Gasteiger partial charge on any atom is -0.335 e. The maximum atomic E-state index is 11.7. The van der Waals surface area contributed by atoms with E-state index in [9.17, 15) is 9.59 Å². The second kappa shape index (κ2) is 7.79. The lowest BCUT2D eigenvalue weighted by Crippen LogP contribution is -2.43. The van der Waals surface area contributed by atoms with E-state index >= 15 is 0 Å². The highest BCUT2D eigenvalue weighted by Gasteiger charge is 2.10. The number of imide groups is 1. The molecule has 22 heavy (non-hydrogen) atoms. The van der Waals surface area contributed by atoms with Crippen LogP contribution in [-0.2, 0) is 4.79 Å². The molecule has 0 spiro atoms. The van der Waals surface area contributed by atoms with Gasteiger partial charge in [-0.05, 0) is 25.5 Å². The number of carbonyl (C=O) groups excluding carboxylic acids is 2. The predicted octanol–water partition coefficient (Wildman–Crippen LogP) is 2.95. The van der Waals surface area contributed by atoms with Crippen LogP contribution < -0.4 is 10.6 Å². The van der Waals surface area contributed by atoms with Crippen molar-refractivity contribution in [2.75, 3.05) is 5.75 Å². The van der Waals surface area contributed by atoms with Crippen molar-refractivity contribution in [1.29, 1.82) is 0 Å². The van der Waals surface area contributed by atoms with Crippen molar-refractivity contribution in [3.63, 3.8) is 0 Å². The molecule has 0 aliphatic carbocycles. The quantitative estimate of drug-likeness (QED) is 0.832. The highest BCUT2D eigenvalue weighted by Crippen LogP contribution is 2.19. The third kappa shape index (κ3) is 4.73. The molecule has 2 aromatic rings. The number of amides is 3. The molecule has 0 aliphatic heterocycles. The molecule has 0 bridgehead atoms. The van der Waals surface area contributed by atoms with Crippen LogP contribution in [0.4, 0.5) is 4.79 Å². The van der Waals surface area contributed by atoms with E-state index in [4.69, 9.17) is 0 Å². The molecule has 1 aromatic carbocycles. The number of carbonyl (C=O) groups is 2. The topological polar surface area (TPSA) is 71.1 Å². The van der Waals surface area contributed by atoms with E-state index in [0.29, 0.717) is 0 Å². The second-order valence-electron chi connectivity index (χ2n) is 4.96. The first-order valence-electron chi connectivity index (χ1n) is 7.17. The van der Waals surface area contributed by atoms with Crippen molar-refractivity contribution in [3.8, 4) is 0 Å². The molecule has 2 rings (SSSR count). The molecular formula is C16H19N3O2S. The Hall–Kier alpha value is -2.08. The highest BCUT2D eigenvalue weighted by atomic mass is 32.2. The molecule has 1 heterocycles. The molecule has 5 nitrogen and oxygen atoms in total. The fourth-order valence-electron chi connectivity index (χ4n) is 1.79. The van der Waals surface area contributed by atoms with Crippen LogP contribution in [0.25, 0.3) is 10.9 Å². The van der Waals surface area contributed by atoms with E-state index < -0.39 is 6.03 Å². The smallest absolute Gasteiger partial charge is 0.321 e. The van der Waals surface area contributed by atoms with Crippen LogP contribution in [0.2, 0.25) is 0 Å². The van der Waals surface area contributed by atoms with E-state index in [2.05, 4.69) is 15.6 Å². The number of fused-ring (bicyclic) bond motifs is 1. The summed E-state index contributed by atoms with van der Waals surface area (Å²) in [7, 11) is 0. The molecule has 0 fully saturated rings. The summed E-state index contributed by atoms with van der Waals surface area (Å²) in [4.78, 5) is 27.8. The number of urea groups is 1. The first-order chi connectivity index (χ1) is 10.6. The Morgan fingerprint density at radius 1 is 1.23 bits per heavy atom. The lowest BCUT2D eigenvalue weighted by Gasteiger charge is -2.11. The molecule has 116 valence electrons. The molecular weight excluding hydrogens is 298 g/mol. The number of nitrogens with one attached hydrogen (secondary N) is 2. The lowest BCUT2D eigenvalue weighted by atomic mass is 10.2. The van der Waals surface area contributed by atoms with Crippen molar-refractivity contribution in [2.24, 2.45) is 0 Å². The Morgan fingerprint density at radius 3 is 2.77 bits per heavy atom. The standard InChI is InChI=1S/C16H19N3O2S/c1-3-11(2)17-16(21)19-14(20)10-22-15-9-8-12-6-4-5-7-13(12)18-15/h4-9,11H,3,10H2,1-2H3,(H2,17,19,20,21)/t11-/m1/s1. The molecule has 2 N–H and O–H groups in total. The molecule has 0 unspecified atom stereocenters. The van der Waals surface area contributed by atoms with Gasteiger partial charge in [0.2, 0.25) is 5.91 Å². The van der Waals surface area contributed by atoms with E-state index in [1.54, 1.807) is 0 Å². The van der Waals surface area contributed by atoms with E-state index in [0.717, 1.165) is 22.3 Å². The molecule has 1 aromatic heterocycles. The molecule has 3 amide bonds. The summed E-state index contributed by atoms with van der Waals surface area (Å²) in [5, 5.41) is 6.82. The van der Waals surface area contributed by atoms with Crippen LogP contribution in [0.3, 0.4) is 0 Å². The summed E-state index contributed by atoms with van der Waals surface area (Å²) in [6.07, 6.45) is 0.817. The second-order valence-corrected chi connectivity index (χ2v) is 5.96. The van der Waals surface area contributed by atoms with Crippen LogP contribution in [0.5, 0.6) is 0 Å². The average Bonchev–Trinajstić information content (AvgIpc) is 2.52. The molecule has 1 atom stereocenters. The molecule has 0 saturated carbocycles. The SMILES string of the molecule is CC[C@@H](C)NC(=O)NC(=O)CSc1ccc2ccccc2n1. The number of thioether (sulfide) groups is 1. The van der Waals surface area contributed by atoms with Crippen molar-refractivity contribution in [1.82, 2.24) is 15.6 Å². The van der Waals surface area contributed by atoms with Gasteiger partial charge in [-0.15, -0.1) is 0 Å². The summed E-state index contributed by atoms with van der Waals surface area (Å²) in [6.45, 7) is 3.85. The maximum Gasteiger partial charge on any atom is 0.321 e. The average molecular weight is 317 g/mol. The summed E-state index contributed by atoms with van der Waals surface area (Å²) < 4.78 is 0. The third-order valence-electron chi connectivity index (χ3n) is 3.17. The number of pyridine rings is 1. The van der Waals surface area contributed by atoms with Crippen LogP contribution in [0, 0.1) is 0 Å². The first-order valence-corrected chi connectivity index (χ1v) is 8.16. The zero-order chi connectivity index (χ0) is 15.9. The fourth-order valence-corrected chi connectivity index (χ4v) is 2.47. The van der Waals surface area contributed by atoms with Crippen molar-refractivity contribution in [2.45, 2.75) is 31.3 Å². The van der Waals surface area contributed by atoms with E-state index in [1.807, 2.05) is 50.2 Å². The van der Waals surface area contributed by atoms with Gasteiger partial charge in [0.05, 0.1) is 16.3 Å². The van der Waals surface area contributed by atoms with Crippen molar-refractivity contribution < 1.29 is 9.59 Å². The van der Waals surface area contributed by atoms with Crippen LogP contribution in [0.1, 0.15) is 20.3 Å². The Bertz CT molecular complexity index is 675. The van der Waals surface area contributed by atoms with Gasteiger partial charge >= 0.3 is 6.03 Å². The van der Waals surface area contributed by atoms with E-state index in [-0.39, 0.29) is 17.7 Å². The first kappa shape index (κ1) is 16.3. The minimum absolute atomic E-state index is 0.0441. The molecule has 6 heteroatoms.